The zero-order chi connectivity index (χ0) is 16.1. The van der Waals surface area contributed by atoms with Crippen LogP contribution in [0, 0.1) is 6.92 Å². The average Bonchev–Trinajstić information content (AvgIpc) is 3.22. The van der Waals surface area contributed by atoms with Crippen LogP contribution >= 0.6 is 22.7 Å². The zero-order valence-electron chi connectivity index (χ0n) is 13.4. The molecule has 0 aliphatic carbocycles. The van der Waals surface area contributed by atoms with Crippen molar-refractivity contribution in [2.75, 3.05) is 32.7 Å². The van der Waals surface area contributed by atoms with Gasteiger partial charge in [0.05, 0.1) is 0 Å². The fourth-order valence-corrected chi connectivity index (χ4v) is 4.20. The minimum Gasteiger partial charge on any atom is -0.337 e. The molecule has 0 radical (unpaired) electrons. The Hall–Kier alpha value is -1.43. The molecule has 2 aromatic rings. The van der Waals surface area contributed by atoms with Crippen LogP contribution < -0.4 is 0 Å². The molecule has 1 amide bonds. The number of carbonyl (C=O) groups excluding carboxylic acids is 1. The predicted octanol–water partition coefficient (Wildman–Crippen LogP) is 3.52. The standard InChI is InChI=1S/C18H22N2OS2/c1-15-4-5-17(23-15)6-7-18(21)20-12-10-19(11-13-20)9-8-16-3-2-14-22-16/h2-7,14H,8-13H2,1H3. The number of carbonyl (C=O) groups is 1. The number of amides is 1. The number of rotatable bonds is 5. The maximum Gasteiger partial charge on any atom is 0.246 e. The van der Waals surface area contributed by atoms with Crippen molar-refractivity contribution in [3.05, 3.63) is 50.4 Å². The molecule has 0 unspecified atom stereocenters. The van der Waals surface area contributed by atoms with Crippen molar-refractivity contribution in [1.82, 2.24) is 9.80 Å². The molecule has 3 rings (SSSR count). The quantitative estimate of drug-likeness (QED) is 0.774. The fraction of sp³-hybridized carbons (Fsp3) is 0.389. The van der Waals surface area contributed by atoms with E-state index in [0.29, 0.717) is 0 Å². The molecule has 0 bridgehead atoms. The predicted molar refractivity (Wildman–Crippen MR) is 99.1 cm³/mol. The van der Waals surface area contributed by atoms with E-state index in [1.165, 1.54) is 9.75 Å². The molecule has 3 heterocycles. The molecule has 1 aliphatic heterocycles. The molecule has 2 aromatic heterocycles. The van der Waals surface area contributed by atoms with Crippen LogP contribution in [0.15, 0.2) is 35.7 Å². The molecule has 1 aliphatic rings. The largest absolute Gasteiger partial charge is 0.337 e. The van der Waals surface area contributed by atoms with E-state index < -0.39 is 0 Å². The van der Waals surface area contributed by atoms with Gasteiger partial charge in [0.2, 0.25) is 5.91 Å². The van der Waals surface area contributed by atoms with Gasteiger partial charge in [-0.1, -0.05) is 6.07 Å². The summed E-state index contributed by atoms with van der Waals surface area (Å²) >= 11 is 3.54. The Kier molecular flexibility index (Phi) is 5.65. The lowest BCUT2D eigenvalue weighted by Crippen LogP contribution is -2.48. The highest BCUT2D eigenvalue weighted by molar-refractivity contribution is 7.12. The van der Waals surface area contributed by atoms with E-state index in [0.717, 1.165) is 44.0 Å². The number of thiophene rings is 2. The van der Waals surface area contributed by atoms with Crippen LogP contribution in [0.3, 0.4) is 0 Å². The van der Waals surface area contributed by atoms with Crippen molar-refractivity contribution in [2.45, 2.75) is 13.3 Å². The lowest BCUT2D eigenvalue weighted by atomic mass is 10.2. The molecule has 23 heavy (non-hydrogen) atoms. The highest BCUT2D eigenvalue weighted by atomic mass is 32.1. The highest BCUT2D eigenvalue weighted by Crippen LogP contribution is 2.17. The number of aryl methyl sites for hydroxylation is 1. The lowest BCUT2D eigenvalue weighted by Gasteiger charge is -2.34. The molecule has 3 nitrogen and oxygen atoms in total. The maximum absolute atomic E-state index is 12.3. The Bertz CT molecular complexity index is 652. The van der Waals surface area contributed by atoms with Crippen molar-refractivity contribution >= 4 is 34.7 Å². The van der Waals surface area contributed by atoms with Gasteiger partial charge in [0.25, 0.3) is 0 Å². The van der Waals surface area contributed by atoms with Gasteiger partial charge in [-0.25, -0.2) is 0 Å². The van der Waals surface area contributed by atoms with E-state index in [-0.39, 0.29) is 5.91 Å². The Morgan fingerprint density at radius 1 is 1.22 bits per heavy atom. The van der Waals surface area contributed by atoms with Crippen LogP contribution in [-0.4, -0.2) is 48.4 Å². The molecular formula is C18H22N2OS2. The van der Waals surface area contributed by atoms with Gasteiger partial charge in [-0.05, 0) is 43.0 Å². The molecule has 0 N–H and O–H groups in total. The van der Waals surface area contributed by atoms with Crippen LogP contribution in [0.25, 0.3) is 6.08 Å². The van der Waals surface area contributed by atoms with Crippen LogP contribution in [0.1, 0.15) is 14.6 Å². The van der Waals surface area contributed by atoms with Gasteiger partial charge in [0.1, 0.15) is 0 Å². The Morgan fingerprint density at radius 2 is 2.04 bits per heavy atom. The Morgan fingerprint density at radius 3 is 2.70 bits per heavy atom. The van der Waals surface area contributed by atoms with Crippen molar-refractivity contribution in [3.63, 3.8) is 0 Å². The molecule has 0 atom stereocenters. The molecule has 0 spiro atoms. The lowest BCUT2D eigenvalue weighted by molar-refractivity contribution is -0.127. The Balaban J connectivity index is 1.43. The van der Waals surface area contributed by atoms with E-state index in [9.17, 15) is 4.79 Å². The van der Waals surface area contributed by atoms with Crippen molar-refractivity contribution < 1.29 is 4.79 Å². The van der Waals surface area contributed by atoms with E-state index in [1.54, 1.807) is 17.4 Å². The first-order valence-electron chi connectivity index (χ1n) is 7.99. The molecule has 5 heteroatoms. The summed E-state index contributed by atoms with van der Waals surface area (Å²) in [6.45, 7) is 6.78. The average molecular weight is 347 g/mol. The fourth-order valence-electron chi connectivity index (χ4n) is 2.72. The highest BCUT2D eigenvalue weighted by Gasteiger charge is 2.19. The van der Waals surface area contributed by atoms with Gasteiger partial charge in [-0.15, -0.1) is 22.7 Å². The summed E-state index contributed by atoms with van der Waals surface area (Å²) in [4.78, 5) is 20.5. The number of hydrogen-bond donors (Lipinski definition) is 0. The number of piperazine rings is 1. The molecular weight excluding hydrogens is 324 g/mol. The molecule has 0 aromatic carbocycles. The molecule has 1 saturated heterocycles. The minimum atomic E-state index is 0.133. The summed E-state index contributed by atoms with van der Waals surface area (Å²) in [5, 5.41) is 2.13. The third-order valence-corrected chi connectivity index (χ3v) is 5.99. The van der Waals surface area contributed by atoms with E-state index in [2.05, 4.69) is 41.5 Å². The maximum atomic E-state index is 12.3. The summed E-state index contributed by atoms with van der Waals surface area (Å²) < 4.78 is 0. The SMILES string of the molecule is Cc1ccc(C=CC(=O)N2CCN(CCc3cccs3)CC2)s1. The van der Waals surface area contributed by atoms with Gasteiger partial charge in [0.15, 0.2) is 0 Å². The summed E-state index contributed by atoms with van der Waals surface area (Å²) in [6.07, 6.45) is 4.76. The second-order valence-electron chi connectivity index (χ2n) is 5.78. The van der Waals surface area contributed by atoms with Crippen molar-refractivity contribution in [1.29, 1.82) is 0 Å². The third-order valence-electron chi connectivity index (χ3n) is 4.09. The van der Waals surface area contributed by atoms with Crippen LogP contribution in [0.5, 0.6) is 0 Å². The summed E-state index contributed by atoms with van der Waals surface area (Å²) in [5.74, 6) is 0.133. The van der Waals surface area contributed by atoms with Crippen LogP contribution in [0.4, 0.5) is 0 Å². The van der Waals surface area contributed by atoms with Gasteiger partial charge >= 0.3 is 0 Å². The number of hydrogen-bond acceptors (Lipinski definition) is 4. The summed E-state index contributed by atoms with van der Waals surface area (Å²) in [5.41, 5.74) is 0. The molecule has 1 fully saturated rings. The van der Waals surface area contributed by atoms with Gasteiger partial charge in [0, 0.05) is 53.4 Å². The van der Waals surface area contributed by atoms with E-state index in [4.69, 9.17) is 0 Å². The van der Waals surface area contributed by atoms with Crippen LogP contribution in [0.2, 0.25) is 0 Å². The normalized spacial score (nSPS) is 16.3. The van der Waals surface area contributed by atoms with E-state index in [1.807, 2.05) is 22.3 Å². The Labute approximate surface area is 145 Å². The summed E-state index contributed by atoms with van der Waals surface area (Å²) in [7, 11) is 0. The van der Waals surface area contributed by atoms with E-state index >= 15 is 0 Å². The second-order valence-corrected chi connectivity index (χ2v) is 8.13. The third kappa shape index (κ3) is 4.77. The first-order chi connectivity index (χ1) is 11.2. The summed E-state index contributed by atoms with van der Waals surface area (Å²) in [6, 6.07) is 8.45. The first-order valence-corrected chi connectivity index (χ1v) is 9.68. The zero-order valence-corrected chi connectivity index (χ0v) is 15.0. The van der Waals surface area contributed by atoms with Gasteiger partial charge < -0.3 is 4.90 Å². The molecule has 0 saturated carbocycles. The molecule has 122 valence electrons. The van der Waals surface area contributed by atoms with Crippen LogP contribution in [-0.2, 0) is 11.2 Å². The van der Waals surface area contributed by atoms with Gasteiger partial charge in [-0.3, -0.25) is 9.69 Å². The minimum absolute atomic E-state index is 0.133. The van der Waals surface area contributed by atoms with Crippen molar-refractivity contribution in [3.8, 4) is 0 Å². The van der Waals surface area contributed by atoms with Gasteiger partial charge in [-0.2, -0.15) is 0 Å². The number of nitrogens with zero attached hydrogens (tertiary/aromatic N) is 2. The van der Waals surface area contributed by atoms with Crippen molar-refractivity contribution in [2.24, 2.45) is 0 Å². The smallest absolute Gasteiger partial charge is 0.246 e. The first kappa shape index (κ1) is 16.4. The second kappa shape index (κ2) is 7.90. The monoisotopic (exact) mass is 346 g/mol. The topological polar surface area (TPSA) is 23.6 Å².